The van der Waals surface area contributed by atoms with Crippen molar-refractivity contribution in [3.63, 3.8) is 0 Å². The van der Waals surface area contributed by atoms with Gasteiger partial charge in [-0.3, -0.25) is 0 Å². The summed E-state index contributed by atoms with van der Waals surface area (Å²) in [6, 6.07) is 40.9. The monoisotopic (exact) mass is 959 g/mol. The molecule has 0 radical (unpaired) electrons. The predicted octanol–water partition coefficient (Wildman–Crippen LogP) is 16.3. The third kappa shape index (κ3) is 18.0. The number of carbonyl (C=O) groups excluding carboxylic acids is 3. The van der Waals surface area contributed by atoms with Gasteiger partial charge >= 0.3 is 17.9 Å². The Bertz CT molecular complexity index is 2550. The zero-order chi connectivity index (χ0) is 49.9. The zero-order valence-corrected chi connectivity index (χ0v) is 41.7. The molecule has 0 aliphatic rings. The van der Waals surface area contributed by atoms with E-state index >= 15 is 0 Å². The topological polar surface area (TPSA) is 107 Å². The molecule has 0 saturated heterocycles. The van der Waals surface area contributed by atoms with Crippen LogP contribution in [-0.2, 0) is 0 Å². The van der Waals surface area contributed by atoms with Crippen molar-refractivity contribution in [3.05, 3.63) is 169 Å². The molecule has 0 aliphatic heterocycles. The summed E-state index contributed by atoms with van der Waals surface area (Å²) < 4.78 is 34.4. The largest absolute Gasteiger partial charge is 0.494 e. The number of rotatable bonds is 31. The van der Waals surface area contributed by atoms with Gasteiger partial charge in [0.1, 0.15) is 23.0 Å². The van der Waals surface area contributed by atoms with Gasteiger partial charge in [-0.15, -0.1) is 6.58 Å². The number of allylic oxidation sites excluding steroid dienone is 1. The van der Waals surface area contributed by atoms with Crippen molar-refractivity contribution >= 4 is 17.9 Å². The average Bonchev–Trinajstić information content (AvgIpc) is 3.40. The Morgan fingerprint density at radius 1 is 0.408 bits per heavy atom. The van der Waals surface area contributed by atoms with Gasteiger partial charge in [0.05, 0.1) is 37.0 Å². The van der Waals surface area contributed by atoms with Crippen LogP contribution in [0.1, 0.15) is 147 Å². The number of hydrogen-bond donors (Lipinski definition) is 0. The lowest BCUT2D eigenvalue weighted by Gasteiger charge is -2.12. The normalized spacial score (nSPS) is 10.8. The van der Waals surface area contributed by atoms with Crippen molar-refractivity contribution in [3.8, 4) is 56.8 Å². The Hall–Kier alpha value is -7.13. The lowest BCUT2D eigenvalue weighted by Crippen LogP contribution is -2.13. The van der Waals surface area contributed by atoms with E-state index in [9.17, 15) is 14.4 Å². The first-order valence-electron chi connectivity index (χ1n) is 25.6. The van der Waals surface area contributed by atoms with Gasteiger partial charge in [-0.25, -0.2) is 14.4 Å². The van der Waals surface area contributed by atoms with Gasteiger partial charge in [0, 0.05) is 0 Å². The van der Waals surface area contributed by atoms with E-state index < -0.39 is 17.9 Å². The summed E-state index contributed by atoms with van der Waals surface area (Å²) in [5, 5.41) is 0. The highest BCUT2D eigenvalue weighted by Crippen LogP contribution is 2.31. The van der Waals surface area contributed by atoms with Gasteiger partial charge in [-0.05, 0) is 133 Å². The number of ether oxygens (including phenoxy) is 6. The van der Waals surface area contributed by atoms with Gasteiger partial charge in [0.2, 0.25) is 0 Å². The van der Waals surface area contributed by atoms with Crippen LogP contribution < -0.4 is 28.4 Å². The molecule has 0 aliphatic carbocycles. The smallest absolute Gasteiger partial charge is 0.343 e. The number of methoxy groups -OCH3 is 1. The van der Waals surface area contributed by atoms with Gasteiger partial charge in [-0.1, -0.05) is 151 Å². The Morgan fingerprint density at radius 3 is 1.21 bits per heavy atom. The van der Waals surface area contributed by atoms with E-state index in [1.54, 1.807) is 36.4 Å². The highest BCUT2D eigenvalue weighted by molar-refractivity contribution is 5.97. The van der Waals surface area contributed by atoms with Crippen LogP contribution in [0.4, 0.5) is 0 Å². The lowest BCUT2D eigenvalue weighted by atomic mass is 10.1. The molecule has 0 spiro atoms. The molecular weight excluding hydrogens is 889 g/mol. The SMILES string of the molecule is C=CCCCCCCCCCOc1ccc(-c2ccc(OC(=O)c3ccc(OC(=O)c4cccc(C(=O)Oc5ccc(-c6ccc(OCCCCCCCCCCC)cc6)cc5)c4)c(OC)c3)cc2)cc1. The molecule has 0 bridgehead atoms. The second-order valence-corrected chi connectivity index (χ2v) is 17.8. The molecule has 0 fully saturated rings. The number of carbonyl (C=O) groups is 3. The van der Waals surface area contributed by atoms with Crippen LogP contribution in [0.25, 0.3) is 22.3 Å². The van der Waals surface area contributed by atoms with Gasteiger partial charge in [-0.2, -0.15) is 0 Å². The predicted molar refractivity (Wildman–Crippen MR) is 283 cm³/mol. The van der Waals surface area contributed by atoms with Crippen molar-refractivity contribution in [2.24, 2.45) is 0 Å². The Balaban J connectivity index is 0.925. The summed E-state index contributed by atoms with van der Waals surface area (Å²) in [6.07, 6.45) is 23.1. The molecule has 6 rings (SSSR count). The highest BCUT2D eigenvalue weighted by Gasteiger charge is 2.19. The number of benzene rings is 6. The molecule has 71 heavy (non-hydrogen) atoms. The van der Waals surface area contributed by atoms with Crippen molar-refractivity contribution in [2.75, 3.05) is 20.3 Å². The van der Waals surface area contributed by atoms with Crippen LogP contribution in [0.5, 0.6) is 34.5 Å². The number of esters is 3. The maximum atomic E-state index is 13.3. The molecule has 6 aromatic rings. The Morgan fingerprint density at radius 2 is 0.789 bits per heavy atom. The fraction of sp³-hybridized carbons (Fsp3) is 0.339. The second kappa shape index (κ2) is 29.8. The highest BCUT2D eigenvalue weighted by atomic mass is 16.6. The first-order valence-corrected chi connectivity index (χ1v) is 25.6. The van der Waals surface area contributed by atoms with Gasteiger partial charge in [0.15, 0.2) is 11.5 Å². The summed E-state index contributed by atoms with van der Waals surface area (Å²) in [4.78, 5) is 39.7. The molecule has 9 heteroatoms. The number of hydrogen-bond acceptors (Lipinski definition) is 9. The van der Waals surface area contributed by atoms with E-state index in [2.05, 4.69) is 13.5 Å². The molecule has 0 N–H and O–H groups in total. The molecule has 9 nitrogen and oxygen atoms in total. The summed E-state index contributed by atoms with van der Waals surface area (Å²) in [5.74, 6) is 0.671. The van der Waals surface area contributed by atoms with E-state index in [1.165, 1.54) is 127 Å². The van der Waals surface area contributed by atoms with Gasteiger partial charge < -0.3 is 28.4 Å². The fourth-order valence-corrected chi connectivity index (χ4v) is 8.13. The third-order valence-electron chi connectivity index (χ3n) is 12.3. The molecular formula is C62H70O9. The van der Waals surface area contributed by atoms with Crippen LogP contribution >= 0.6 is 0 Å². The minimum absolute atomic E-state index is 0.0835. The van der Waals surface area contributed by atoms with Gasteiger partial charge in [0.25, 0.3) is 0 Å². The maximum absolute atomic E-state index is 13.3. The minimum Gasteiger partial charge on any atom is -0.494 e. The van der Waals surface area contributed by atoms with Crippen LogP contribution in [0.2, 0.25) is 0 Å². The molecule has 0 unspecified atom stereocenters. The molecule has 0 heterocycles. The molecule has 372 valence electrons. The van der Waals surface area contributed by atoms with E-state index in [4.69, 9.17) is 28.4 Å². The van der Waals surface area contributed by atoms with Crippen LogP contribution in [-0.4, -0.2) is 38.2 Å². The molecule has 6 aromatic carbocycles. The minimum atomic E-state index is -0.730. The Labute approximate surface area is 421 Å². The molecule has 0 aromatic heterocycles. The van der Waals surface area contributed by atoms with Crippen molar-refractivity contribution in [2.45, 2.75) is 116 Å². The summed E-state index contributed by atoms with van der Waals surface area (Å²) in [5.41, 5.74) is 4.44. The number of unbranched alkanes of at least 4 members (excludes halogenated alkanes) is 15. The maximum Gasteiger partial charge on any atom is 0.343 e. The standard InChI is InChI=1S/C62H70O9/c1-4-6-8-10-12-14-16-18-20-43-67-54-34-25-47(26-35-54)49-29-38-56(39-30-49)69-60(63)51-23-22-24-52(45-51)62(65)71-58-42-33-53(46-59(58)66-3)61(64)70-57-40-31-50(32-41-57)48-27-36-55(37-28-48)68-44-21-19-17-15-13-11-9-7-5-2/h5,22-42,45-46H,2,4,6-21,43-44H2,1,3H3. The van der Waals surface area contributed by atoms with Crippen LogP contribution in [0.3, 0.4) is 0 Å². The van der Waals surface area contributed by atoms with Crippen molar-refractivity contribution in [1.29, 1.82) is 0 Å². The van der Waals surface area contributed by atoms with Crippen LogP contribution in [0, 0.1) is 0 Å². The molecule has 0 saturated carbocycles. The Kier molecular flexibility index (Phi) is 22.3. The van der Waals surface area contributed by atoms with E-state index in [0.29, 0.717) is 24.7 Å². The van der Waals surface area contributed by atoms with Crippen LogP contribution in [0.15, 0.2) is 152 Å². The van der Waals surface area contributed by atoms with E-state index in [-0.39, 0.29) is 28.2 Å². The molecule has 0 atom stereocenters. The van der Waals surface area contributed by atoms with Crippen molar-refractivity contribution < 1.29 is 42.8 Å². The summed E-state index contributed by atoms with van der Waals surface area (Å²) >= 11 is 0. The first kappa shape index (κ1) is 53.2. The van der Waals surface area contributed by atoms with E-state index in [1.807, 2.05) is 78.9 Å². The first-order chi connectivity index (χ1) is 34.8. The van der Waals surface area contributed by atoms with Crippen molar-refractivity contribution in [1.82, 2.24) is 0 Å². The third-order valence-corrected chi connectivity index (χ3v) is 12.3. The summed E-state index contributed by atoms with van der Waals surface area (Å²) in [6.45, 7) is 7.45. The second-order valence-electron chi connectivity index (χ2n) is 17.8. The quantitative estimate of drug-likeness (QED) is 0.0182. The molecule has 0 amide bonds. The fourth-order valence-electron chi connectivity index (χ4n) is 8.13. The van der Waals surface area contributed by atoms with E-state index in [0.717, 1.165) is 53.0 Å². The summed E-state index contributed by atoms with van der Waals surface area (Å²) in [7, 11) is 1.41. The zero-order valence-electron chi connectivity index (χ0n) is 41.7. The average molecular weight is 959 g/mol. The lowest BCUT2D eigenvalue weighted by molar-refractivity contribution is 0.0724.